The molecule has 5 nitrogen and oxygen atoms in total. The fraction of sp³-hybridized carbons (Fsp3) is 0.385. The van der Waals surface area contributed by atoms with Crippen molar-refractivity contribution in [2.75, 3.05) is 13.1 Å². The second kappa shape index (κ2) is 7.97. The number of carbonyl (C=O) groups excluding carboxylic acids is 1. The highest BCUT2D eigenvalue weighted by molar-refractivity contribution is 5.78. The summed E-state index contributed by atoms with van der Waals surface area (Å²) < 4.78 is 2.01. The van der Waals surface area contributed by atoms with Crippen molar-refractivity contribution in [2.45, 2.75) is 51.1 Å². The fourth-order valence-corrected chi connectivity index (χ4v) is 5.52. The van der Waals surface area contributed by atoms with E-state index in [1.54, 1.807) is 0 Å². The number of aromatic nitrogens is 2. The summed E-state index contributed by atoms with van der Waals surface area (Å²) in [7, 11) is 0. The Morgan fingerprint density at radius 2 is 1.94 bits per heavy atom. The van der Waals surface area contributed by atoms with E-state index < -0.39 is 0 Å². The van der Waals surface area contributed by atoms with Crippen LogP contribution < -0.4 is 5.32 Å². The van der Waals surface area contributed by atoms with Gasteiger partial charge in [0.05, 0.1) is 16.9 Å². The van der Waals surface area contributed by atoms with Crippen LogP contribution in [0.15, 0.2) is 60.7 Å². The van der Waals surface area contributed by atoms with Crippen LogP contribution in [-0.4, -0.2) is 39.2 Å². The molecule has 3 aromatic rings. The number of hydrogen-bond acceptors (Lipinski definition) is 3. The van der Waals surface area contributed by atoms with Crippen LogP contribution in [0.5, 0.6) is 0 Å². The van der Waals surface area contributed by atoms with E-state index in [1.165, 1.54) is 11.1 Å². The van der Waals surface area contributed by atoms with Crippen LogP contribution in [0.2, 0.25) is 0 Å². The molecule has 2 aliphatic heterocycles. The molecular formula is C26H30N4O. The molecule has 31 heavy (non-hydrogen) atoms. The Bertz CT molecular complexity index is 1090. The van der Waals surface area contributed by atoms with Crippen molar-refractivity contribution in [1.82, 2.24) is 20.0 Å². The Balaban J connectivity index is 1.41. The molecule has 2 aromatic carbocycles. The zero-order valence-corrected chi connectivity index (χ0v) is 18.3. The fourth-order valence-electron chi connectivity index (χ4n) is 5.52. The largest absolute Gasteiger partial charge is 0.349 e. The van der Waals surface area contributed by atoms with Gasteiger partial charge in [0.1, 0.15) is 0 Å². The molecule has 0 unspecified atom stereocenters. The Labute approximate surface area is 184 Å². The van der Waals surface area contributed by atoms with Crippen molar-refractivity contribution in [3.05, 3.63) is 83.2 Å². The Morgan fingerprint density at radius 3 is 2.68 bits per heavy atom. The minimum Gasteiger partial charge on any atom is -0.349 e. The highest BCUT2D eigenvalue weighted by Gasteiger charge is 2.49. The summed E-state index contributed by atoms with van der Waals surface area (Å²) in [6.45, 7) is 6.83. The van der Waals surface area contributed by atoms with E-state index >= 15 is 0 Å². The number of rotatable bonds is 4. The van der Waals surface area contributed by atoms with Gasteiger partial charge in [-0.05, 0) is 56.0 Å². The van der Waals surface area contributed by atoms with Crippen molar-refractivity contribution >= 4 is 5.91 Å². The summed E-state index contributed by atoms with van der Waals surface area (Å²) in [5, 5.41) is 8.05. The molecule has 160 valence electrons. The van der Waals surface area contributed by atoms with E-state index in [4.69, 9.17) is 0 Å². The second-order valence-electron chi connectivity index (χ2n) is 9.20. The van der Waals surface area contributed by atoms with Gasteiger partial charge in [-0.2, -0.15) is 5.10 Å². The van der Waals surface area contributed by atoms with E-state index in [0.717, 1.165) is 49.6 Å². The van der Waals surface area contributed by atoms with Crippen molar-refractivity contribution in [3.63, 3.8) is 0 Å². The van der Waals surface area contributed by atoms with Crippen LogP contribution in [0.3, 0.4) is 0 Å². The first-order valence-corrected chi connectivity index (χ1v) is 11.2. The lowest BCUT2D eigenvalue weighted by atomic mass is 9.76. The van der Waals surface area contributed by atoms with Gasteiger partial charge in [-0.25, -0.2) is 4.68 Å². The van der Waals surface area contributed by atoms with Gasteiger partial charge in [-0.15, -0.1) is 0 Å². The van der Waals surface area contributed by atoms with Crippen molar-refractivity contribution < 1.29 is 4.79 Å². The lowest BCUT2D eigenvalue weighted by molar-refractivity contribution is -0.125. The van der Waals surface area contributed by atoms with E-state index in [1.807, 2.05) is 11.6 Å². The molecule has 1 spiro atoms. The van der Waals surface area contributed by atoms with E-state index in [9.17, 15) is 4.79 Å². The zero-order chi connectivity index (χ0) is 21.4. The van der Waals surface area contributed by atoms with Crippen LogP contribution in [0, 0.1) is 13.8 Å². The third kappa shape index (κ3) is 3.90. The Kier molecular flexibility index (Phi) is 5.14. The number of amides is 1. The number of hydrogen-bond donors (Lipinski definition) is 1. The summed E-state index contributed by atoms with van der Waals surface area (Å²) in [6.07, 6.45) is 2.66. The van der Waals surface area contributed by atoms with Gasteiger partial charge >= 0.3 is 0 Å². The lowest BCUT2D eigenvalue weighted by Gasteiger charge is -2.39. The molecule has 2 fully saturated rings. The number of nitrogens with zero attached hydrogens (tertiary/aromatic N) is 3. The first-order valence-electron chi connectivity index (χ1n) is 11.2. The predicted octanol–water partition coefficient (Wildman–Crippen LogP) is 4.13. The van der Waals surface area contributed by atoms with E-state index in [0.29, 0.717) is 12.3 Å². The number of carbonyl (C=O) groups is 1. The average Bonchev–Trinajstić information content (AvgIpc) is 3.27. The van der Waals surface area contributed by atoms with Crippen LogP contribution in [0.4, 0.5) is 0 Å². The number of piperidine rings is 1. The topological polar surface area (TPSA) is 50.2 Å². The Hall–Kier alpha value is -2.92. The van der Waals surface area contributed by atoms with Crippen molar-refractivity contribution in [3.8, 4) is 5.69 Å². The first kappa shape index (κ1) is 20.0. The maximum Gasteiger partial charge on any atom is 0.220 e. The van der Waals surface area contributed by atoms with Crippen molar-refractivity contribution in [1.29, 1.82) is 0 Å². The molecule has 1 amide bonds. The van der Waals surface area contributed by atoms with Crippen LogP contribution in [0.1, 0.15) is 47.7 Å². The predicted molar refractivity (Wildman–Crippen MR) is 122 cm³/mol. The highest BCUT2D eigenvalue weighted by atomic mass is 16.1. The van der Waals surface area contributed by atoms with Crippen molar-refractivity contribution in [2.24, 2.45) is 0 Å². The smallest absolute Gasteiger partial charge is 0.220 e. The van der Waals surface area contributed by atoms with Gasteiger partial charge in [0.2, 0.25) is 5.91 Å². The SMILES string of the molecule is Cc1cc(C)n(-c2cccc(CN3C[C@@H](c4ccccc4)[C@@]4(CCCC(=O)N4)C3)c2)n1. The van der Waals surface area contributed by atoms with Gasteiger partial charge in [-0.3, -0.25) is 9.69 Å². The minimum atomic E-state index is -0.163. The quantitative estimate of drug-likeness (QED) is 0.698. The lowest BCUT2D eigenvalue weighted by Crippen LogP contribution is -2.56. The molecule has 0 aliphatic carbocycles. The number of likely N-dealkylation sites (tertiary alicyclic amines) is 1. The molecule has 3 heterocycles. The summed E-state index contributed by atoms with van der Waals surface area (Å²) in [5.41, 5.74) is 5.71. The number of aryl methyl sites for hydroxylation is 2. The van der Waals surface area contributed by atoms with E-state index in [2.05, 4.69) is 82.9 Å². The summed E-state index contributed by atoms with van der Waals surface area (Å²) in [5.74, 6) is 0.512. The summed E-state index contributed by atoms with van der Waals surface area (Å²) in [4.78, 5) is 14.9. The molecule has 2 atom stereocenters. The molecule has 0 radical (unpaired) electrons. The van der Waals surface area contributed by atoms with Gasteiger partial charge in [0.25, 0.3) is 0 Å². The molecule has 2 saturated heterocycles. The first-order chi connectivity index (χ1) is 15.0. The number of nitrogens with one attached hydrogen (secondary N) is 1. The van der Waals surface area contributed by atoms with Crippen LogP contribution in [-0.2, 0) is 11.3 Å². The maximum absolute atomic E-state index is 12.4. The standard InChI is InChI=1S/C26H30N4O/c1-19-14-20(2)30(28-19)23-11-6-8-21(15-23)16-29-17-24(22-9-4-3-5-10-22)26(18-29)13-7-12-25(31)27-26/h3-6,8-11,14-15,24H,7,12-13,16-18H2,1-2H3,(H,27,31)/t24-,26+/m0/s1. The third-order valence-electron chi connectivity index (χ3n) is 6.80. The van der Waals surface area contributed by atoms with Crippen LogP contribution in [0.25, 0.3) is 5.69 Å². The molecule has 1 aromatic heterocycles. The third-order valence-corrected chi connectivity index (χ3v) is 6.80. The second-order valence-corrected chi connectivity index (χ2v) is 9.20. The zero-order valence-electron chi connectivity index (χ0n) is 18.3. The monoisotopic (exact) mass is 414 g/mol. The molecule has 0 saturated carbocycles. The van der Waals surface area contributed by atoms with Gasteiger partial charge in [0.15, 0.2) is 0 Å². The molecular weight excluding hydrogens is 384 g/mol. The maximum atomic E-state index is 12.4. The average molecular weight is 415 g/mol. The molecule has 1 N–H and O–H groups in total. The summed E-state index contributed by atoms with van der Waals surface area (Å²) >= 11 is 0. The molecule has 5 heteroatoms. The van der Waals surface area contributed by atoms with Crippen LogP contribution >= 0.6 is 0 Å². The van der Waals surface area contributed by atoms with Gasteiger partial charge < -0.3 is 5.32 Å². The molecule has 0 bridgehead atoms. The highest BCUT2D eigenvalue weighted by Crippen LogP contribution is 2.41. The normalized spacial score (nSPS) is 23.9. The Morgan fingerprint density at radius 1 is 1.10 bits per heavy atom. The summed E-state index contributed by atoms with van der Waals surface area (Å²) in [6, 6.07) is 21.5. The molecule has 5 rings (SSSR count). The molecule has 2 aliphatic rings. The van der Waals surface area contributed by atoms with Gasteiger partial charge in [0, 0.05) is 37.7 Å². The van der Waals surface area contributed by atoms with E-state index in [-0.39, 0.29) is 11.4 Å². The number of benzene rings is 2. The minimum absolute atomic E-state index is 0.163. The van der Waals surface area contributed by atoms with Gasteiger partial charge in [-0.1, -0.05) is 42.5 Å².